The van der Waals surface area contributed by atoms with Crippen molar-refractivity contribution in [3.05, 3.63) is 69.1 Å². The quantitative estimate of drug-likeness (QED) is 0.806. The van der Waals surface area contributed by atoms with Crippen LogP contribution in [0.1, 0.15) is 22.4 Å². The molecule has 0 saturated carbocycles. The molecule has 1 aromatic carbocycles. The zero-order valence-corrected chi connectivity index (χ0v) is 10.5. The third-order valence-electron chi connectivity index (χ3n) is 2.94. The molecule has 0 fully saturated rings. The van der Waals surface area contributed by atoms with Crippen molar-refractivity contribution in [1.29, 1.82) is 5.26 Å². The maximum atomic E-state index is 12.1. The number of hydrogen-bond donors (Lipinski definition) is 0. The molecule has 90 valence electrons. The van der Waals surface area contributed by atoms with Gasteiger partial charge < -0.3 is 4.57 Å². The molecule has 0 aliphatic heterocycles. The molecule has 0 saturated heterocycles. The first-order valence-corrected chi connectivity index (χ1v) is 5.78. The van der Waals surface area contributed by atoms with Gasteiger partial charge in [0, 0.05) is 5.69 Å². The summed E-state index contributed by atoms with van der Waals surface area (Å²) < 4.78 is 1.63. The lowest BCUT2D eigenvalue weighted by atomic mass is 10.1. The van der Waals surface area contributed by atoms with Crippen LogP contribution in [0.4, 0.5) is 0 Å². The van der Waals surface area contributed by atoms with Gasteiger partial charge in [0.15, 0.2) is 0 Å². The highest BCUT2D eigenvalue weighted by Crippen LogP contribution is 2.07. The fourth-order valence-corrected chi connectivity index (χ4v) is 1.95. The molecule has 2 rings (SSSR count). The number of aryl methyl sites for hydroxylation is 2. The lowest BCUT2D eigenvalue weighted by Crippen LogP contribution is -2.24. The zero-order chi connectivity index (χ0) is 13.1. The molecule has 0 aliphatic carbocycles. The average Bonchev–Trinajstić information content (AvgIpc) is 2.35. The second kappa shape index (κ2) is 4.89. The fraction of sp³-hybridized carbons (Fsp3) is 0.200. The molecule has 0 amide bonds. The van der Waals surface area contributed by atoms with Gasteiger partial charge in [-0.3, -0.25) is 4.79 Å². The number of pyridine rings is 1. The third kappa shape index (κ3) is 2.33. The Bertz CT molecular complexity index is 678. The smallest absolute Gasteiger partial charge is 0.268 e. The van der Waals surface area contributed by atoms with Gasteiger partial charge in [0.1, 0.15) is 11.6 Å². The van der Waals surface area contributed by atoms with Crippen LogP contribution in [0.25, 0.3) is 0 Å². The van der Waals surface area contributed by atoms with Crippen LogP contribution in [0.3, 0.4) is 0 Å². The average molecular weight is 238 g/mol. The molecule has 0 unspecified atom stereocenters. The standard InChI is InChI=1S/C15H14N2O/c1-11-4-3-5-13(8-11)10-17-12(2)6-7-14(9-16)15(17)18/h3-8H,10H2,1-2H3. The Hall–Kier alpha value is -2.34. The molecule has 2 aromatic rings. The summed E-state index contributed by atoms with van der Waals surface area (Å²) in [6.07, 6.45) is 0. The predicted octanol–water partition coefficient (Wildman–Crippen LogP) is 2.39. The second-order valence-corrected chi connectivity index (χ2v) is 4.38. The molecule has 0 bridgehead atoms. The summed E-state index contributed by atoms with van der Waals surface area (Å²) in [6, 6.07) is 13.3. The first-order chi connectivity index (χ1) is 8.61. The Labute approximate surface area is 106 Å². The molecule has 18 heavy (non-hydrogen) atoms. The highest BCUT2D eigenvalue weighted by Gasteiger charge is 2.06. The lowest BCUT2D eigenvalue weighted by molar-refractivity contribution is 0.727. The number of rotatable bonds is 2. The van der Waals surface area contributed by atoms with Crippen molar-refractivity contribution < 1.29 is 0 Å². The van der Waals surface area contributed by atoms with E-state index in [1.807, 2.05) is 44.2 Å². The molecule has 3 nitrogen and oxygen atoms in total. The Kier molecular flexibility index (Phi) is 3.29. The molecule has 1 aromatic heterocycles. The molecular weight excluding hydrogens is 224 g/mol. The van der Waals surface area contributed by atoms with E-state index in [0.717, 1.165) is 16.8 Å². The van der Waals surface area contributed by atoms with Gasteiger partial charge in [0.25, 0.3) is 5.56 Å². The van der Waals surface area contributed by atoms with Crippen molar-refractivity contribution in [3.8, 4) is 6.07 Å². The number of aromatic nitrogens is 1. The Morgan fingerprint density at radius 2 is 2.00 bits per heavy atom. The summed E-state index contributed by atoms with van der Waals surface area (Å²) in [6.45, 7) is 4.39. The van der Waals surface area contributed by atoms with E-state index in [2.05, 4.69) is 0 Å². The van der Waals surface area contributed by atoms with Gasteiger partial charge in [-0.05, 0) is 31.5 Å². The van der Waals surface area contributed by atoms with Crippen LogP contribution in [0.15, 0.2) is 41.2 Å². The minimum atomic E-state index is -0.223. The molecule has 3 heteroatoms. The molecule has 1 heterocycles. The maximum Gasteiger partial charge on any atom is 0.268 e. The van der Waals surface area contributed by atoms with Crippen LogP contribution in [-0.4, -0.2) is 4.57 Å². The molecule has 0 radical (unpaired) electrons. The Morgan fingerprint density at radius 3 is 2.67 bits per heavy atom. The normalized spacial score (nSPS) is 10.1. The van der Waals surface area contributed by atoms with Crippen LogP contribution < -0.4 is 5.56 Å². The minimum Gasteiger partial charge on any atom is -0.307 e. The van der Waals surface area contributed by atoms with E-state index in [0.29, 0.717) is 6.54 Å². The van der Waals surface area contributed by atoms with Crippen molar-refractivity contribution in [1.82, 2.24) is 4.57 Å². The molecule has 0 atom stereocenters. The summed E-state index contributed by atoms with van der Waals surface area (Å²) in [7, 11) is 0. The van der Waals surface area contributed by atoms with Gasteiger partial charge in [0.2, 0.25) is 0 Å². The van der Waals surface area contributed by atoms with Crippen molar-refractivity contribution in [3.63, 3.8) is 0 Å². The third-order valence-corrected chi connectivity index (χ3v) is 2.94. The Balaban J connectivity index is 2.47. The van der Waals surface area contributed by atoms with E-state index in [1.54, 1.807) is 16.7 Å². The highest BCUT2D eigenvalue weighted by atomic mass is 16.1. The van der Waals surface area contributed by atoms with Gasteiger partial charge in [-0.2, -0.15) is 5.26 Å². The number of benzene rings is 1. The first-order valence-electron chi connectivity index (χ1n) is 5.78. The van der Waals surface area contributed by atoms with Crippen LogP contribution in [0.5, 0.6) is 0 Å². The zero-order valence-electron chi connectivity index (χ0n) is 10.5. The molecular formula is C15H14N2O. The van der Waals surface area contributed by atoms with Crippen molar-refractivity contribution in [2.24, 2.45) is 0 Å². The first kappa shape index (κ1) is 12.1. The van der Waals surface area contributed by atoms with Gasteiger partial charge in [-0.1, -0.05) is 29.8 Å². The topological polar surface area (TPSA) is 45.8 Å². The molecule has 0 aliphatic rings. The van der Waals surface area contributed by atoms with Crippen LogP contribution in [-0.2, 0) is 6.54 Å². The lowest BCUT2D eigenvalue weighted by Gasteiger charge is -2.10. The summed E-state index contributed by atoms with van der Waals surface area (Å²) >= 11 is 0. The monoisotopic (exact) mass is 238 g/mol. The van der Waals surface area contributed by atoms with E-state index in [-0.39, 0.29) is 11.1 Å². The van der Waals surface area contributed by atoms with Gasteiger partial charge in [-0.25, -0.2) is 0 Å². The van der Waals surface area contributed by atoms with Gasteiger partial charge in [-0.15, -0.1) is 0 Å². The van der Waals surface area contributed by atoms with E-state index < -0.39 is 0 Å². The fourth-order valence-electron chi connectivity index (χ4n) is 1.95. The number of hydrogen-bond acceptors (Lipinski definition) is 2. The maximum absolute atomic E-state index is 12.1. The van der Waals surface area contributed by atoms with E-state index in [1.165, 1.54) is 0 Å². The Morgan fingerprint density at radius 1 is 1.22 bits per heavy atom. The van der Waals surface area contributed by atoms with E-state index in [4.69, 9.17) is 5.26 Å². The van der Waals surface area contributed by atoms with Gasteiger partial charge in [0.05, 0.1) is 6.54 Å². The van der Waals surface area contributed by atoms with Crippen molar-refractivity contribution in [2.75, 3.05) is 0 Å². The minimum absolute atomic E-state index is 0.188. The number of nitrogens with zero attached hydrogens (tertiary/aromatic N) is 2. The van der Waals surface area contributed by atoms with E-state index in [9.17, 15) is 4.79 Å². The van der Waals surface area contributed by atoms with E-state index >= 15 is 0 Å². The van der Waals surface area contributed by atoms with Crippen LogP contribution in [0.2, 0.25) is 0 Å². The van der Waals surface area contributed by atoms with Crippen LogP contribution >= 0.6 is 0 Å². The summed E-state index contributed by atoms with van der Waals surface area (Å²) in [4.78, 5) is 12.1. The SMILES string of the molecule is Cc1cccc(Cn2c(C)ccc(C#N)c2=O)c1. The van der Waals surface area contributed by atoms with Crippen LogP contribution in [0, 0.1) is 25.2 Å². The predicted molar refractivity (Wildman–Crippen MR) is 70.4 cm³/mol. The summed E-state index contributed by atoms with van der Waals surface area (Å²) in [5.41, 5.74) is 3.05. The second-order valence-electron chi connectivity index (χ2n) is 4.38. The van der Waals surface area contributed by atoms with Crippen molar-refractivity contribution >= 4 is 0 Å². The summed E-state index contributed by atoms with van der Waals surface area (Å²) in [5.74, 6) is 0. The highest BCUT2D eigenvalue weighted by molar-refractivity contribution is 5.29. The van der Waals surface area contributed by atoms with Gasteiger partial charge >= 0.3 is 0 Å². The molecule has 0 spiro atoms. The van der Waals surface area contributed by atoms with Crippen molar-refractivity contribution in [2.45, 2.75) is 20.4 Å². The largest absolute Gasteiger partial charge is 0.307 e. The molecule has 0 N–H and O–H groups in total. The number of nitriles is 1. The summed E-state index contributed by atoms with van der Waals surface area (Å²) in [5, 5.41) is 8.88.